The average Bonchev–Trinajstić information content (AvgIpc) is 3.45. The molecule has 0 radical (unpaired) electrons. The molecule has 0 spiro atoms. The van der Waals surface area contributed by atoms with Crippen molar-refractivity contribution in [2.75, 3.05) is 33.0 Å². The molecule has 2 aliphatic rings. The van der Waals surface area contributed by atoms with E-state index in [-0.39, 0.29) is 50.3 Å². The summed E-state index contributed by atoms with van der Waals surface area (Å²) in [6, 6.07) is 4.86. The Morgan fingerprint density at radius 2 is 1.69 bits per heavy atom. The van der Waals surface area contributed by atoms with Crippen LogP contribution < -0.4 is 14.2 Å². The maximum Gasteiger partial charge on any atom is 0.513 e. The van der Waals surface area contributed by atoms with Crippen LogP contribution in [0.15, 0.2) is 24.3 Å². The Hall–Kier alpha value is -3.41. The van der Waals surface area contributed by atoms with Gasteiger partial charge in [-0.1, -0.05) is 0 Å². The molecule has 1 aromatic rings. The number of nitro groups is 1. The van der Waals surface area contributed by atoms with E-state index in [1.807, 2.05) is 0 Å². The van der Waals surface area contributed by atoms with Gasteiger partial charge in [-0.2, -0.15) is 13.1 Å². The monoisotopic (exact) mass is 525 g/mol. The molecule has 0 saturated heterocycles. The van der Waals surface area contributed by atoms with E-state index >= 15 is 0 Å². The number of benzene rings is 1. The minimum Gasteiger partial charge on any atom is -0.449 e. The summed E-state index contributed by atoms with van der Waals surface area (Å²) in [5.41, 5.74) is -0.149. The van der Waals surface area contributed by atoms with Gasteiger partial charge in [-0.15, -0.1) is 11.8 Å². The van der Waals surface area contributed by atoms with Crippen LogP contribution in [0.3, 0.4) is 0 Å². The highest BCUT2D eigenvalue weighted by Gasteiger charge is 2.49. The third-order valence-corrected chi connectivity index (χ3v) is 6.72. The van der Waals surface area contributed by atoms with Gasteiger partial charge in [0, 0.05) is 31.5 Å². The molecule has 1 aromatic carbocycles. The molecule has 3 atom stereocenters. The summed E-state index contributed by atoms with van der Waals surface area (Å²) >= 11 is 0. The molecule has 0 aromatic heterocycles. The van der Waals surface area contributed by atoms with Crippen LogP contribution in [0.1, 0.15) is 25.7 Å². The van der Waals surface area contributed by atoms with Crippen molar-refractivity contribution in [2.24, 2.45) is 17.8 Å². The number of fused-ring (bicyclic) bond motifs is 1. The van der Waals surface area contributed by atoms with Crippen molar-refractivity contribution in [3.63, 3.8) is 0 Å². The molecule has 36 heavy (non-hydrogen) atoms. The normalized spacial score (nSPS) is 20.4. The molecule has 2 N–H and O–H groups in total. The summed E-state index contributed by atoms with van der Waals surface area (Å²) in [7, 11) is -4.12. The second-order valence-corrected chi connectivity index (χ2v) is 9.58. The molecule has 0 aliphatic heterocycles. The SMILES string of the molecule is O=C(NS(=O)(=O)NCCOCCOC(=O)Oc1ccc([N+](=O)[O-])cc1)OCC1[C@H]2CCC#CCC[C@@H]12. The third-order valence-electron chi connectivity index (χ3n) is 5.70. The van der Waals surface area contributed by atoms with Gasteiger partial charge in [-0.05, 0) is 42.7 Å². The molecule has 3 rings (SSSR count). The van der Waals surface area contributed by atoms with Crippen molar-refractivity contribution >= 4 is 28.1 Å². The van der Waals surface area contributed by atoms with Gasteiger partial charge in [0.05, 0.1) is 24.7 Å². The van der Waals surface area contributed by atoms with E-state index in [4.69, 9.17) is 18.9 Å². The fourth-order valence-corrected chi connectivity index (χ4v) is 4.63. The topological polar surface area (TPSA) is 172 Å². The molecule has 13 nitrogen and oxygen atoms in total. The van der Waals surface area contributed by atoms with Crippen LogP contribution in [0.4, 0.5) is 15.3 Å². The smallest absolute Gasteiger partial charge is 0.449 e. The molecule has 1 unspecified atom stereocenters. The number of nitrogens with one attached hydrogen (secondary N) is 2. The van der Waals surface area contributed by atoms with Gasteiger partial charge in [-0.25, -0.2) is 14.3 Å². The lowest BCUT2D eigenvalue weighted by Crippen LogP contribution is -2.42. The number of amides is 1. The second kappa shape index (κ2) is 13.1. The van der Waals surface area contributed by atoms with Crippen molar-refractivity contribution in [3.8, 4) is 17.6 Å². The molecule has 1 fully saturated rings. The van der Waals surface area contributed by atoms with Crippen LogP contribution in [-0.4, -0.2) is 58.6 Å². The van der Waals surface area contributed by atoms with Crippen LogP contribution in [0, 0.1) is 39.7 Å². The predicted octanol–water partition coefficient (Wildman–Crippen LogP) is 2.13. The van der Waals surface area contributed by atoms with Crippen molar-refractivity contribution in [2.45, 2.75) is 25.7 Å². The summed E-state index contributed by atoms with van der Waals surface area (Å²) in [5, 5.41) is 10.6. The number of nitrogens with zero attached hydrogens (tertiary/aromatic N) is 1. The molecule has 0 bridgehead atoms. The van der Waals surface area contributed by atoms with Crippen LogP contribution in [0.25, 0.3) is 0 Å². The molecule has 0 heterocycles. The quantitative estimate of drug-likeness (QED) is 0.103. The first-order valence-corrected chi connectivity index (χ1v) is 12.8. The Morgan fingerprint density at radius 1 is 1.03 bits per heavy atom. The molecular formula is C22H27N3O10S. The molecule has 1 amide bonds. The Balaban J connectivity index is 1.21. The van der Waals surface area contributed by atoms with E-state index < -0.39 is 27.4 Å². The van der Waals surface area contributed by atoms with E-state index in [1.165, 1.54) is 24.3 Å². The molecule has 1 saturated carbocycles. The largest absolute Gasteiger partial charge is 0.513 e. The number of ether oxygens (including phenoxy) is 4. The summed E-state index contributed by atoms with van der Waals surface area (Å²) < 4.78 is 47.7. The lowest BCUT2D eigenvalue weighted by Gasteiger charge is -2.10. The van der Waals surface area contributed by atoms with Crippen LogP contribution in [0.2, 0.25) is 0 Å². The van der Waals surface area contributed by atoms with Gasteiger partial charge < -0.3 is 18.9 Å². The summed E-state index contributed by atoms with van der Waals surface area (Å²) in [4.78, 5) is 33.4. The van der Waals surface area contributed by atoms with Crippen LogP contribution in [-0.2, 0) is 24.4 Å². The number of hydrogen-bond donors (Lipinski definition) is 2. The Labute approximate surface area is 208 Å². The van der Waals surface area contributed by atoms with Gasteiger partial charge >= 0.3 is 22.5 Å². The minimum atomic E-state index is -4.12. The molecule has 14 heteroatoms. The van der Waals surface area contributed by atoms with Gasteiger partial charge in [0.15, 0.2) is 0 Å². The average molecular weight is 526 g/mol. The van der Waals surface area contributed by atoms with Gasteiger partial charge in [-0.3, -0.25) is 10.1 Å². The first-order chi connectivity index (χ1) is 17.2. The Kier molecular flexibility index (Phi) is 9.86. The fraction of sp³-hybridized carbons (Fsp3) is 0.545. The van der Waals surface area contributed by atoms with Gasteiger partial charge in [0.1, 0.15) is 12.4 Å². The van der Waals surface area contributed by atoms with E-state index in [0.717, 1.165) is 25.7 Å². The third kappa shape index (κ3) is 8.99. The number of non-ortho nitro benzene ring substituents is 1. The van der Waals surface area contributed by atoms with Gasteiger partial charge in [0.25, 0.3) is 5.69 Å². The van der Waals surface area contributed by atoms with Crippen molar-refractivity contribution in [1.82, 2.24) is 9.44 Å². The van der Waals surface area contributed by atoms with E-state index in [0.29, 0.717) is 11.8 Å². The van der Waals surface area contributed by atoms with E-state index in [2.05, 4.69) is 16.6 Å². The highest BCUT2D eigenvalue weighted by atomic mass is 32.2. The van der Waals surface area contributed by atoms with Gasteiger partial charge in [0.2, 0.25) is 0 Å². The highest BCUT2D eigenvalue weighted by Crippen LogP contribution is 2.52. The minimum absolute atomic E-state index is 0.0404. The number of rotatable bonds is 12. The maximum atomic E-state index is 11.9. The lowest BCUT2D eigenvalue weighted by atomic mass is 10.1. The number of carbonyl (C=O) groups is 2. The van der Waals surface area contributed by atoms with E-state index in [1.54, 1.807) is 4.72 Å². The maximum absolute atomic E-state index is 11.9. The fourth-order valence-electron chi connectivity index (χ4n) is 3.93. The zero-order valence-corrected chi connectivity index (χ0v) is 20.2. The molecule has 2 aliphatic carbocycles. The number of hydrogen-bond acceptors (Lipinski definition) is 10. The van der Waals surface area contributed by atoms with E-state index in [9.17, 15) is 28.1 Å². The van der Waals surface area contributed by atoms with Crippen molar-refractivity contribution in [1.29, 1.82) is 0 Å². The molecule has 196 valence electrons. The number of nitro benzene ring substituents is 1. The van der Waals surface area contributed by atoms with Crippen LogP contribution in [0.5, 0.6) is 5.75 Å². The van der Waals surface area contributed by atoms with Crippen molar-refractivity contribution in [3.05, 3.63) is 34.4 Å². The predicted molar refractivity (Wildman–Crippen MR) is 124 cm³/mol. The summed E-state index contributed by atoms with van der Waals surface area (Å²) in [6.07, 6.45) is 1.54. The highest BCUT2D eigenvalue weighted by molar-refractivity contribution is 7.88. The molecular weight excluding hydrogens is 498 g/mol. The lowest BCUT2D eigenvalue weighted by molar-refractivity contribution is -0.384. The zero-order valence-electron chi connectivity index (χ0n) is 19.3. The summed E-state index contributed by atoms with van der Waals surface area (Å²) in [6.45, 7) is -0.223. The summed E-state index contributed by atoms with van der Waals surface area (Å²) in [5.74, 6) is 7.48. The Morgan fingerprint density at radius 3 is 2.33 bits per heavy atom. The Bertz CT molecular complexity index is 1080. The standard InChI is InChI=1S/C22H27N3O10S/c26-21(34-15-20-18-5-3-1-2-4-6-19(18)20)24-36(30,31)23-11-12-32-13-14-33-22(27)35-17-9-7-16(8-10-17)25(28)29/h7-10,18-20,23H,3-6,11-15H2,(H,24,26)/t18-,19+,20?. The second-order valence-electron chi connectivity index (χ2n) is 8.08. The zero-order chi connectivity index (χ0) is 26.0. The van der Waals surface area contributed by atoms with Crippen LogP contribution >= 0.6 is 0 Å². The first-order valence-electron chi connectivity index (χ1n) is 11.3. The first kappa shape index (κ1) is 27.2. The van der Waals surface area contributed by atoms with Crippen molar-refractivity contribution < 1.29 is 41.9 Å². The number of carbonyl (C=O) groups excluding carboxylic acids is 2.